The Labute approximate surface area is 186 Å². The third-order valence-electron chi connectivity index (χ3n) is 5.17. The Hall–Kier alpha value is -4.13. The number of nitrogens with zero attached hydrogens (tertiary/aromatic N) is 2. The summed E-state index contributed by atoms with van der Waals surface area (Å²) in [6.07, 6.45) is 5.50. The lowest BCUT2D eigenvalue weighted by Gasteiger charge is -2.15. The van der Waals surface area contributed by atoms with Gasteiger partial charge < -0.3 is 15.4 Å². The Morgan fingerprint density at radius 1 is 0.938 bits per heavy atom. The molecule has 1 aliphatic carbocycles. The lowest BCUT2D eigenvalue weighted by atomic mass is 10.0. The minimum absolute atomic E-state index is 0.195. The van der Waals surface area contributed by atoms with Crippen LogP contribution in [0.3, 0.4) is 0 Å². The number of benzene rings is 2. The molecule has 0 bridgehead atoms. The minimum atomic E-state index is -0.200. The predicted molar refractivity (Wildman–Crippen MR) is 124 cm³/mol. The second-order valence-corrected chi connectivity index (χ2v) is 7.36. The van der Waals surface area contributed by atoms with Crippen molar-refractivity contribution in [2.75, 3.05) is 17.7 Å². The number of hydrogen-bond acceptors (Lipinski definition) is 4. The Morgan fingerprint density at radius 2 is 1.66 bits per heavy atom. The summed E-state index contributed by atoms with van der Waals surface area (Å²) in [5, 5.41) is 10.3. The van der Waals surface area contributed by atoms with E-state index in [4.69, 9.17) is 4.74 Å². The van der Waals surface area contributed by atoms with E-state index in [1.54, 1.807) is 31.0 Å². The number of hydrogen-bond donors (Lipinski definition) is 2. The van der Waals surface area contributed by atoms with Gasteiger partial charge in [0, 0.05) is 29.9 Å². The molecule has 7 nitrogen and oxygen atoms in total. The van der Waals surface area contributed by atoms with Crippen LogP contribution in [-0.4, -0.2) is 28.7 Å². The minimum Gasteiger partial charge on any atom is -0.496 e. The maximum atomic E-state index is 12.6. The van der Waals surface area contributed by atoms with Crippen LogP contribution in [-0.2, 0) is 16.6 Å². The highest BCUT2D eigenvalue weighted by atomic mass is 16.5. The van der Waals surface area contributed by atoms with Crippen molar-refractivity contribution in [1.82, 2.24) is 9.78 Å². The maximum absolute atomic E-state index is 12.6. The van der Waals surface area contributed by atoms with E-state index >= 15 is 0 Å². The highest BCUT2D eigenvalue weighted by molar-refractivity contribution is 6.06. The molecule has 0 radical (unpaired) electrons. The quantitative estimate of drug-likeness (QED) is 0.604. The van der Waals surface area contributed by atoms with E-state index in [2.05, 4.69) is 15.7 Å². The summed E-state index contributed by atoms with van der Waals surface area (Å²) in [5.74, 6) is 0.798. The number of ether oxygens (including phenoxy) is 1. The number of rotatable bonds is 6. The number of carbonyl (C=O) groups excluding carboxylic acids is 2. The Bertz CT molecular complexity index is 1190. The summed E-state index contributed by atoms with van der Waals surface area (Å²) in [6, 6.07) is 18.2. The highest BCUT2D eigenvalue weighted by Gasteiger charge is 2.18. The van der Waals surface area contributed by atoms with Crippen molar-refractivity contribution in [3.05, 3.63) is 89.7 Å². The van der Waals surface area contributed by atoms with E-state index in [-0.39, 0.29) is 11.8 Å². The Kier molecular flexibility index (Phi) is 6.17. The summed E-state index contributed by atoms with van der Waals surface area (Å²) >= 11 is 0. The molecule has 7 heteroatoms. The van der Waals surface area contributed by atoms with Gasteiger partial charge in [-0.1, -0.05) is 36.4 Å². The van der Waals surface area contributed by atoms with Gasteiger partial charge in [-0.2, -0.15) is 5.10 Å². The second-order valence-electron chi connectivity index (χ2n) is 7.36. The summed E-state index contributed by atoms with van der Waals surface area (Å²) in [4.78, 5) is 25.0. The number of aromatic nitrogens is 2. The molecule has 4 rings (SSSR count). The SMILES string of the molecule is COC1=CCCC=C1C(=O)Nc1ccc(-c2cc(NC(=O)c3ccccc3)n(C)n2)cc1. The fraction of sp³-hybridized carbons (Fsp3) is 0.160. The monoisotopic (exact) mass is 428 g/mol. The molecule has 2 N–H and O–H groups in total. The van der Waals surface area contributed by atoms with Gasteiger partial charge in [-0.05, 0) is 43.2 Å². The largest absolute Gasteiger partial charge is 0.496 e. The van der Waals surface area contributed by atoms with Gasteiger partial charge in [-0.15, -0.1) is 0 Å². The van der Waals surface area contributed by atoms with Gasteiger partial charge >= 0.3 is 0 Å². The lowest BCUT2D eigenvalue weighted by molar-refractivity contribution is -0.112. The number of nitrogens with one attached hydrogen (secondary N) is 2. The zero-order valence-corrected chi connectivity index (χ0v) is 18.0. The summed E-state index contributed by atoms with van der Waals surface area (Å²) in [7, 11) is 3.34. The normalized spacial score (nSPS) is 13.1. The molecular formula is C25H24N4O3. The first-order valence-electron chi connectivity index (χ1n) is 10.3. The van der Waals surface area contributed by atoms with Gasteiger partial charge in [0.05, 0.1) is 18.4 Å². The van der Waals surface area contributed by atoms with E-state index in [1.165, 1.54) is 0 Å². The third-order valence-corrected chi connectivity index (χ3v) is 5.17. The molecule has 3 aromatic rings. The first kappa shape index (κ1) is 21.1. The highest BCUT2D eigenvalue weighted by Crippen LogP contribution is 2.25. The van der Waals surface area contributed by atoms with Gasteiger partial charge in [-0.3, -0.25) is 14.3 Å². The van der Waals surface area contributed by atoms with Crippen LogP contribution in [0.4, 0.5) is 11.5 Å². The van der Waals surface area contributed by atoms with Crippen LogP contribution in [0.1, 0.15) is 23.2 Å². The van der Waals surface area contributed by atoms with Gasteiger partial charge in [0.25, 0.3) is 11.8 Å². The number of allylic oxidation sites excluding steroid dienone is 2. The van der Waals surface area contributed by atoms with Crippen molar-refractivity contribution in [2.24, 2.45) is 7.05 Å². The zero-order chi connectivity index (χ0) is 22.5. The van der Waals surface area contributed by atoms with Crippen molar-refractivity contribution in [3.8, 4) is 11.3 Å². The van der Waals surface area contributed by atoms with E-state index in [0.717, 1.165) is 18.4 Å². The summed E-state index contributed by atoms with van der Waals surface area (Å²) in [5.41, 5.74) is 3.39. The standard InChI is InChI=1S/C25H24N4O3/c1-29-23(27-24(30)18-8-4-3-5-9-18)16-21(28-29)17-12-14-19(15-13-17)26-25(31)20-10-6-7-11-22(20)32-2/h3-5,8-16H,6-7H2,1-2H3,(H,26,31)(H,27,30). The van der Waals surface area contributed by atoms with Gasteiger partial charge in [0.15, 0.2) is 0 Å². The number of anilines is 2. The summed E-state index contributed by atoms with van der Waals surface area (Å²) in [6.45, 7) is 0. The molecule has 2 aromatic carbocycles. The summed E-state index contributed by atoms with van der Waals surface area (Å²) < 4.78 is 6.93. The average molecular weight is 428 g/mol. The van der Waals surface area contributed by atoms with Crippen molar-refractivity contribution < 1.29 is 14.3 Å². The van der Waals surface area contributed by atoms with E-state index in [0.29, 0.717) is 34.1 Å². The van der Waals surface area contributed by atoms with Gasteiger partial charge in [-0.25, -0.2) is 0 Å². The number of carbonyl (C=O) groups is 2. The molecule has 1 aromatic heterocycles. The van der Waals surface area contributed by atoms with Crippen molar-refractivity contribution >= 4 is 23.3 Å². The maximum Gasteiger partial charge on any atom is 0.259 e. The van der Waals surface area contributed by atoms with Crippen LogP contribution < -0.4 is 10.6 Å². The Morgan fingerprint density at radius 3 is 2.38 bits per heavy atom. The molecule has 162 valence electrons. The van der Waals surface area contributed by atoms with Crippen LogP contribution in [0.25, 0.3) is 11.3 Å². The van der Waals surface area contributed by atoms with Crippen LogP contribution in [0.15, 0.2) is 84.1 Å². The topological polar surface area (TPSA) is 85.3 Å². The molecular weight excluding hydrogens is 404 g/mol. The fourth-order valence-corrected chi connectivity index (χ4v) is 3.48. The molecule has 0 aliphatic heterocycles. The lowest BCUT2D eigenvalue weighted by Crippen LogP contribution is -2.17. The molecule has 0 unspecified atom stereocenters. The Balaban J connectivity index is 1.45. The molecule has 0 saturated heterocycles. The smallest absolute Gasteiger partial charge is 0.259 e. The van der Waals surface area contributed by atoms with Crippen molar-refractivity contribution in [3.63, 3.8) is 0 Å². The number of methoxy groups -OCH3 is 1. The molecule has 0 fully saturated rings. The zero-order valence-electron chi connectivity index (χ0n) is 18.0. The average Bonchev–Trinajstić information content (AvgIpc) is 3.20. The van der Waals surface area contributed by atoms with Crippen LogP contribution in [0.2, 0.25) is 0 Å². The predicted octanol–water partition coefficient (Wildman–Crippen LogP) is 4.53. The molecule has 1 aliphatic rings. The third kappa shape index (κ3) is 4.62. The molecule has 32 heavy (non-hydrogen) atoms. The first-order valence-corrected chi connectivity index (χ1v) is 10.3. The van der Waals surface area contributed by atoms with Crippen LogP contribution >= 0.6 is 0 Å². The molecule has 1 heterocycles. The van der Waals surface area contributed by atoms with Crippen LogP contribution in [0, 0.1) is 0 Å². The molecule has 2 amide bonds. The number of aryl methyl sites for hydroxylation is 1. The second kappa shape index (κ2) is 9.34. The van der Waals surface area contributed by atoms with E-state index in [9.17, 15) is 9.59 Å². The van der Waals surface area contributed by atoms with Crippen LogP contribution in [0.5, 0.6) is 0 Å². The van der Waals surface area contributed by atoms with E-state index < -0.39 is 0 Å². The molecule has 0 spiro atoms. The van der Waals surface area contributed by atoms with Crippen molar-refractivity contribution in [1.29, 1.82) is 0 Å². The molecule has 0 atom stereocenters. The molecule has 0 saturated carbocycles. The van der Waals surface area contributed by atoms with Crippen molar-refractivity contribution in [2.45, 2.75) is 12.8 Å². The van der Waals surface area contributed by atoms with Gasteiger partial charge in [0.1, 0.15) is 11.6 Å². The first-order chi connectivity index (χ1) is 15.5. The van der Waals surface area contributed by atoms with Gasteiger partial charge in [0.2, 0.25) is 0 Å². The fourth-order valence-electron chi connectivity index (χ4n) is 3.48. The van der Waals surface area contributed by atoms with E-state index in [1.807, 2.05) is 60.7 Å². The number of amides is 2.